The SMILES string of the molecule is CCNC(=NCc1ccc(OCCO)c(OC)c1)NCC(c1cccs1)N1CCCC1. The van der Waals surface area contributed by atoms with Crippen molar-refractivity contribution in [2.24, 2.45) is 4.99 Å². The molecule has 3 rings (SSSR count). The van der Waals surface area contributed by atoms with Crippen molar-refractivity contribution in [1.82, 2.24) is 15.5 Å². The van der Waals surface area contributed by atoms with Crippen LogP contribution < -0.4 is 20.1 Å². The van der Waals surface area contributed by atoms with Crippen molar-refractivity contribution in [3.63, 3.8) is 0 Å². The predicted molar refractivity (Wildman–Crippen MR) is 126 cm³/mol. The monoisotopic (exact) mass is 446 g/mol. The topological polar surface area (TPSA) is 78.4 Å². The minimum absolute atomic E-state index is 0.0309. The van der Waals surface area contributed by atoms with E-state index in [0.29, 0.717) is 24.1 Å². The van der Waals surface area contributed by atoms with Gasteiger partial charge in [-0.1, -0.05) is 12.1 Å². The largest absolute Gasteiger partial charge is 0.493 e. The van der Waals surface area contributed by atoms with Gasteiger partial charge in [-0.15, -0.1) is 11.3 Å². The van der Waals surface area contributed by atoms with Gasteiger partial charge in [0.25, 0.3) is 0 Å². The summed E-state index contributed by atoms with van der Waals surface area (Å²) in [5, 5.41) is 18.0. The van der Waals surface area contributed by atoms with Crippen LogP contribution in [-0.4, -0.2) is 62.5 Å². The second-order valence-electron chi connectivity index (χ2n) is 7.41. The normalized spacial score (nSPS) is 15.6. The van der Waals surface area contributed by atoms with Crippen LogP contribution in [0.15, 0.2) is 40.7 Å². The van der Waals surface area contributed by atoms with Crippen molar-refractivity contribution < 1.29 is 14.6 Å². The van der Waals surface area contributed by atoms with E-state index < -0.39 is 0 Å². The number of likely N-dealkylation sites (tertiary alicyclic amines) is 1. The van der Waals surface area contributed by atoms with Crippen molar-refractivity contribution in [1.29, 1.82) is 0 Å². The van der Waals surface area contributed by atoms with Gasteiger partial charge in [0.05, 0.1) is 26.3 Å². The summed E-state index contributed by atoms with van der Waals surface area (Å²) in [6, 6.07) is 10.5. The Labute approximate surface area is 189 Å². The molecule has 3 N–H and O–H groups in total. The van der Waals surface area contributed by atoms with Gasteiger partial charge in [-0.3, -0.25) is 4.90 Å². The van der Waals surface area contributed by atoms with Crippen molar-refractivity contribution >= 4 is 17.3 Å². The zero-order chi connectivity index (χ0) is 21.9. The van der Waals surface area contributed by atoms with Crippen LogP contribution >= 0.6 is 11.3 Å². The Morgan fingerprint density at radius 1 is 1.23 bits per heavy atom. The Bertz CT molecular complexity index is 807. The van der Waals surface area contributed by atoms with Crippen LogP contribution in [0.3, 0.4) is 0 Å². The number of hydrogen-bond acceptors (Lipinski definition) is 6. The van der Waals surface area contributed by atoms with E-state index in [2.05, 4.69) is 40.0 Å². The van der Waals surface area contributed by atoms with Gasteiger partial charge in [0.1, 0.15) is 6.61 Å². The number of nitrogens with one attached hydrogen (secondary N) is 2. The second-order valence-corrected chi connectivity index (χ2v) is 8.39. The molecule has 1 aromatic heterocycles. The highest BCUT2D eigenvalue weighted by Gasteiger charge is 2.24. The molecule has 7 nitrogen and oxygen atoms in total. The molecule has 31 heavy (non-hydrogen) atoms. The predicted octanol–water partition coefficient (Wildman–Crippen LogP) is 3.02. The lowest BCUT2D eigenvalue weighted by molar-refractivity contribution is 0.196. The van der Waals surface area contributed by atoms with E-state index >= 15 is 0 Å². The summed E-state index contributed by atoms with van der Waals surface area (Å²) in [7, 11) is 1.61. The molecule has 0 radical (unpaired) electrons. The lowest BCUT2D eigenvalue weighted by atomic mass is 10.2. The number of aliphatic imine (C=N–C) groups is 1. The molecule has 1 saturated heterocycles. The number of guanidine groups is 1. The molecule has 8 heteroatoms. The van der Waals surface area contributed by atoms with Gasteiger partial charge in [-0.2, -0.15) is 0 Å². The lowest BCUT2D eigenvalue weighted by Gasteiger charge is -2.27. The molecule has 1 aromatic carbocycles. The highest BCUT2D eigenvalue weighted by molar-refractivity contribution is 7.10. The van der Waals surface area contributed by atoms with Crippen LogP contribution in [0.4, 0.5) is 0 Å². The van der Waals surface area contributed by atoms with E-state index in [1.165, 1.54) is 17.7 Å². The highest BCUT2D eigenvalue weighted by Crippen LogP contribution is 2.29. The molecule has 0 spiro atoms. The fourth-order valence-corrected chi connectivity index (χ4v) is 4.60. The summed E-state index contributed by atoms with van der Waals surface area (Å²) in [6.07, 6.45) is 2.55. The summed E-state index contributed by atoms with van der Waals surface area (Å²) in [4.78, 5) is 8.74. The molecule has 0 bridgehead atoms. The molecule has 1 unspecified atom stereocenters. The summed E-state index contributed by atoms with van der Waals surface area (Å²) in [5.74, 6) is 2.08. The van der Waals surface area contributed by atoms with Crippen LogP contribution in [0.5, 0.6) is 11.5 Å². The number of ether oxygens (including phenoxy) is 2. The lowest BCUT2D eigenvalue weighted by Crippen LogP contribution is -2.42. The number of aliphatic hydroxyl groups excluding tert-OH is 1. The minimum Gasteiger partial charge on any atom is -0.493 e. The van der Waals surface area contributed by atoms with E-state index in [9.17, 15) is 0 Å². The van der Waals surface area contributed by atoms with E-state index in [-0.39, 0.29) is 13.2 Å². The van der Waals surface area contributed by atoms with E-state index in [0.717, 1.165) is 37.7 Å². The van der Waals surface area contributed by atoms with Crippen molar-refractivity contribution in [3.05, 3.63) is 46.2 Å². The van der Waals surface area contributed by atoms with Crippen molar-refractivity contribution in [2.75, 3.05) is 46.5 Å². The number of hydrogen-bond donors (Lipinski definition) is 3. The van der Waals surface area contributed by atoms with Crippen molar-refractivity contribution in [3.8, 4) is 11.5 Å². The molecule has 0 amide bonds. The van der Waals surface area contributed by atoms with Crippen LogP contribution in [0.2, 0.25) is 0 Å². The standard InChI is InChI=1S/C23H34N4O3S/c1-3-24-23(25-16-18-8-9-20(30-13-12-28)21(15-18)29-2)26-17-19(22-7-6-14-31-22)27-10-4-5-11-27/h6-9,14-15,19,28H,3-5,10-13,16-17H2,1-2H3,(H2,24,25,26). The first kappa shape index (κ1) is 23.4. The van der Waals surface area contributed by atoms with Crippen LogP contribution in [0, 0.1) is 0 Å². The summed E-state index contributed by atoms with van der Waals surface area (Å²) in [6.45, 7) is 6.75. The van der Waals surface area contributed by atoms with Gasteiger partial charge in [0, 0.05) is 18.0 Å². The zero-order valence-corrected chi connectivity index (χ0v) is 19.3. The number of methoxy groups -OCH3 is 1. The maximum Gasteiger partial charge on any atom is 0.191 e. The number of aliphatic hydroxyl groups is 1. The smallest absolute Gasteiger partial charge is 0.191 e. The molecule has 170 valence electrons. The van der Waals surface area contributed by atoms with Crippen molar-refractivity contribution in [2.45, 2.75) is 32.4 Å². The van der Waals surface area contributed by atoms with E-state index in [1.54, 1.807) is 7.11 Å². The summed E-state index contributed by atoms with van der Waals surface area (Å²) < 4.78 is 10.9. The fraction of sp³-hybridized carbons (Fsp3) is 0.522. The Hall–Kier alpha value is -2.29. The van der Waals surface area contributed by atoms with Gasteiger partial charge >= 0.3 is 0 Å². The number of thiophene rings is 1. The zero-order valence-electron chi connectivity index (χ0n) is 18.5. The third-order valence-corrected chi connectivity index (χ3v) is 6.23. The van der Waals surface area contributed by atoms with Gasteiger partial charge in [0.15, 0.2) is 17.5 Å². The Morgan fingerprint density at radius 3 is 2.74 bits per heavy atom. The van der Waals surface area contributed by atoms with Crippen LogP contribution in [0.25, 0.3) is 0 Å². The van der Waals surface area contributed by atoms with Gasteiger partial charge < -0.3 is 25.2 Å². The first-order chi connectivity index (χ1) is 15.2. The fourth-order valence-electron chi connectivity index (χ4n) is 3.73. The van der Waals surface area contributed by atoms with Crippen LogP contribution in [0.1, 0.15) is 36.2 Å². The molecule has 2 heterocycles. The Morgan fingerprint density at radius 2 is 2.06 bits per heavy atom. The molecule has 1 atom stereocenters. The minimum atomic E-state index is -0.0309. The molecular weight excluding hydrogens is 412 g/mol. The molecule has 2 aromatic rings. The second kappa shape index (κ2) is 12.5. The number of benzene rings is 1. The Balaban J connectivity index is 1.65. The maximum atomic E-state index is 8.96. The highest BCUT2D eigenvalue weighted by atomic mass is 32.1. The molecule has 1 fully saturated rings. The summed E-state index contributed by atoms with van der Waals surface area (Å²) >= 11 is 1.82. The van der Waals surface area contributed by atoms with E-state index in [4.69, 9.17) is 19.6 Å². The molecular formula is C23H34N4O3S. The van der Waals surface area contributed by atoms with E-state index in [1.807, 2.05) is 29.5 Å². The average molecular weight is 447 g/mol. The third-order valence-electron chi connectivity index (χ3n) is 5.26. The molecule has 1 aliphatic heterocycles. The average Bonchev–Trinajstić information content (AvgIpc) is 3.51. The molecule has 0 saturated carbocycles. The summed E-state index contributed by atoms with van der Waals surface area (Å²) in [5.41, 5.74) is 1.03. The van der Waals surface area contributed by atoms with Gasteiger partial charge in [-0.05, 0) is 62.0 Å². The number of nitrogens with zero attached hydrogens (tertiary/aromatic N) is 2. The molecule has 1 aliphatic rings. The maximum absolute atomic E-state index is 8.96. The number of rotatable bonds is 11. The van der Waals surface area contributed by atoms with Gasteiger partial charge in [0.2, 0.25) is 0 Å². The quantitative estimate of drug-likeness (QED) is 0.364. The Kier molecular flexibility index (Phi) is 9.45. The molecule has 0 aliphatic carbocycles. The third kappa shape index (κ3) is 6.85. The van der Waals surface area contributed by atoms with Gasteiger partial charge in [-0.25, -0.2) is 4.99 Å². The van der Waals surface area contributed by atoms with Crippen LogP contribution in [-0.2, 0) is 6.54 Å². The first-order valence-electron chi connectivity index (χ1n) is 10.9. The first-order valence-corrected chi connectivity index (χ1v) is 11.8.